The van der Waals surface area contributed by atoms with Crippen LogP contribution >= 0.6 is 0 Å². The van der Waals surface area contributed by atoms with Crippen LogP contribution < -0.4 is 0 Å². The summed E-state index contributed by atoms with van der Waals surface area (Å²) < 4.78 is 12.7. The van der Waals surface area contributed by atoms with Crippen LogP contribution in [0.2, 0.25) is 0 Å². The van der Waals surface area contributed by atoms with E-state index in [4.69, 9.17) is 5.26 Å². The molecule has 0 amide bonds. The van der Waals surface area contributed by atoms with Crippen molar-refractivity contribution in [2.45, 2.75) is 26.7 Å². The highest BCUT2D eigenvalue weighted by molar-refractivity contribution is 5.95. The first-order valence-corrected chi connectivity index (χ1v) is 6.39. The first-order chi connectivity index (χ1) is 9.04. The molecule has 0 aromatic heterocycles. The number of halogens is 1. The van der Waals surface area contributed by atoms with Gasteiger partial charge in [-0.2, -0.15) is 5.26 Å². The molecule has 0 radical (unpaired) electrons. The Kier molecular flexibility index (Phi) is 5.95. The third-order valence-electron chi connectivity index (χ3n) is 3.05. The molecule has 19 heavy (non-hydrogen) atoms. The summed E-state index contributed by atoms with van der Waals surface area (Å²) >= 11 is 0. The third kappa shape index (κ3) is 5.05. The Labute approximate surface area is 113 Å². The third-order valence-corrected chi connectivity index (χ3v) is 3.05. The van der Waals surface area contributed by atoms with Crippen molar-refractivity contribution in [1.82, 2.24) is 0 Å². The van der Waals surface area contributed by atoms with Crippen LogP contribution in [0, 0.1) is 29.0 Å². The van der Waals surface area contributed by atoms with E-state index < -0.39 is 0 Å². The van der Waals surface area contributed by atoms with Crippen molar-refractivity contribution in [2.24, 2.45) is 11.8 Å². The Balaban J connectivity index is 2.70. The van der Waals surface area contributed by atoms with E-state index in [1.165, 1.54) is 18.2 Å². The van der Waals surface area contributed by atoms with Crippen molar-refractivity contribution in [3.05, 3.63) is 41.7 Å². The van der Waals surface area contributed by atoms with Gasteiger partial charge in [-0.25, -0.2) is 4.39 Å². The average Bonchev–Trinajstić information content (AvgIpc) is 2.38. The molecule has 2 nitrogen and oxygen atoms in total. The molecule has 1 atom stereocenters. The van der Waals surface area contributed by atoms with Crippen LogP contribution in [0.3, 0.4) is 0 Å². The maximum absolute atomic E-state index is 12.7. The maximum atomic E-state index is 12.7. The van der Waals surface area contributed by atoms with Gasteiger partial charge in [0, 0.05) is 12.3 Å². The second-order valence-corrected chi connectivity index (χ2v) is 4.83. The maximum Gasteiger partial charge on any atom is 0.159 e. The van der Waals surface area contributed by atoms with E-state index in [9.17, 15) is 9.18 Å². The Morgan fingerprint density at radius 3 is 2.53 bits per heavy atom. The molecule has 0 saturated heterocycles. The number of benzene rings is 1. The molecule has 1 aromatic rings. The number of carbonyl (C=O) groups is 1. The molecular formula is C16H18FNO. The molecule has 0 fully saturated rings. The van der Waals surface area contributed by atoms with E-state index in [1.807, 2.05) is 13.8 Å². The molecule has 0 aliphatic carbocycles. The predicted octanol–water partition coefficient (Wildman–Crippen LogP) is 3.98. The van der Waals surface area contributed by atoms with Gasteiger partial charge in [-0.1, -0.05) is 32.1 Å². The van der Waals surface area contributed by atoms with Crippen molar-refractivity contribution < 1.29 is 9.18 Å². The van der Waals surface area contributed by atoms with Gasteiger partial charge in [0.1, 0.15) is 5.82 Å². The second-order valence-electron chi connectivity index (χ2n) is 4.83. The Bertz CT molecular complexity index is 482. The summed E-state index contributed by atoms with van der Waals surface area (Å²) in [5.41, 5.74) is 0.789. The van der Waals surface area contributed by atoms with Crippen LogP contribution in [0.15, 0.2) is 30.3 Å². The molecule has 100 valence electrons. The van der Waals surface area contributed by atoms with Crippen molar-refractivity contribution in [3.8, 4) is 6.07 Å². The number of allylic oxidation sites excluding steroid dienone is 1. The first-order valence-electron chi connectivity index (χ1n) is 6.39. The summed E-state index contributed by atoms with van der Waals surface area (Å²) in [5.74, 6) is -0.192. The lowest BCUT2D eigenvalue weighted by molar-refractivity contribution is -0.119. The number of hydrogen-bond acceptors (Lipinski definition) is 2. The summed E-state index contributed by atoms with van der Waals surface area (Å²) in [6, 6.07) is 8.04. The van der Waals surface area contributed by atoms with Gasteiger partial charge in [0.25, 0.3) is 0 Å². The second kappa shape index (κ2) is 7.48. The molecule has 1 unspecified atom stereocenters. The highest BCUT2D eigenvalue weighted by Crippen LogP contribution is 2.19. The largest absolute Gasteiger partial charge is 0.295 e. The molecule has 0 saturated carbocycles. The van der Waals surface area contributed by atoms with E-state index in [-0.39, 0.29) is 23.4 Å². The van der Waals surface area contributed by atoms with Gasteiger partial charge in [0.05, 0.1) is 6.07 Å². The van der Waals surface area contributed by atoms with Gasteiger partial charge in [0.2, 0.25) is 0 Å². The van der Waals surface area contributed by atoms with Crippen LogP contribution in [-0.2, 0) is 4.79 Å². The highest BCUT2D eigenvalue weighted by Gasteiger charge is 2.19. The fourth-order valence-corrected chi connectivity index (χ4v) is 1.90. The zero-order valence-electron chi connectivity index (χ0n) is 11.3. The highest BCUT2D eigenvalue weighted by atomic mass is 19.1. The van der Waals surface area contributed by atoms with Gasteiger partial charge in [-0.15, -0.1) is 0 Å². The van der Waals surface area contributed by atoms with E-state index in [0.717, 1.165) is 5.56 Å². The van der Waals surface area contributed by atoms with E-state index in [2.05, 4.69) is 6.07 Å². The molecule has 0 heterocycles. The van der Waals surface area contributed by atoms with Crippen molar-refractivity contribution in [1.29, 1.82) is 5.26 Å². The number of carbonyl (C=O) groups excluding carboxylic acids is 1. The number of rotatable bonds is 6. The van der Waals surface area contributed by atoms with Gasteiger partial charge in [-0.3, -0.25) is 4.79 Å². The van der Waals surface area contributed by atoms with Gasteiger partial charge < -0.3 is 0 Å². The van der Waals surface area contributed by atoms with Crippen LogP contribution in [0.4, 0.5) is 4.39 Å². The number of nitrogens with zero attached hydrogens (tertiary/aromatic N) is 1. The Morgan fingerprint density at radius 1 is 1.37 bits per heavy atom. The summed E-state index contributed by atoms with van der Waals surface area (Å²) in [6.07, 6.45) is 4.18. The lowest BCUT2D eigenvalue weighted by atomic mass is 9.87. The van der Waals surface area contributed by atoms with Crippen molar-refractivity contribution in [3.63, 3.8) is 0 Å². The van der Waals surface area contributed by atoms with Crippen LogP contribution in [0.25, 0.3) is 6.08 Å². The topological polar surface area (TPSA) is 40.9 Å². The first kappa shape index (κ1) is 15.1. The smallest absolute Gasteiger partial charge is 0.159 e. The van der Waals surface area contributed by atoms with Crippen LogP contribution in [0.1, 0.15) is 32.3 Å². The standard InChI is InChI=1S/C16H18FNO/c1-12(2)15(4-3-11-18)16(19)10-7-13-5-8-14(17)9-6-13/h5-10,12,15H,3-4H2,1-2H3/b10-7+. The normalized spacial score (nSPS) is 12.6. The average molecular weight is 259 g/mol. The van der Waals surface area contributed by atoms with Gasteiger partial charge in [0.15, 0.2) is 5.78 Å². The predicted molar refractivity (Wildman–Crippen MR) is 73.6 cm³/mol. The monoisotopic (exact) mass is 259 g/mol. The minimum absolute atomic E-state index is 0.0228. The summed E-state index contributed by atoms with van der Waals surface area (Å²) in [6.45, 7) is 3.96. The number of ketones is 1. The number of hydrogen-bond donors (Lipinski definition) is 0. The molecular weight excluding hydrogens is 241 g/mol. The minimum Gasteiger partial charge on any atom is -0.295 e. The minimum atomic E-state index is -0.294. The zero-order valence-corrected chi connectivity index (χ0v) is 11.3. The van der Waals surface area contributed by atoms with Crippen molar-refractivity contribution in [2.75, 3.05) is 0 Å². The van der Waals surface area contributed by atoms with E-state index in [0.29, 0.717) is 12.8 Å². The number of nitriles is 1. The molecule has 0 aliphatic rings. The van der Waals surface area contributed by atoms with E-state index >= 15 is 0 Å². The van der Waals surface area contributed by atoms with Gasteiger partial charge in [-0.05, 0) is 36.1 Å². The van der Waals surface area contributed by atoms with Crippen molar-refractivity contribution >= 4 is 11.9 Å². The molecule has 1 rings (SSSR count). The molecule has 0 N–H and O–H groups in total. The summed E-state index contributed by atoms with van der Waals surface area (Å²) in [5, 5.41) is 8.60. The van der Waals surface area contributed by atoms with Crippen LogP contribution in [0.5, 0.6) is 0 Å². The lowest BCUT2D eigenvalue weighted by Gasteiger charge is -2.16. The summed E-state index contributed by atoms with van der Waals surface area (Å²) in [4.78, 5) is 12.1. The SMILES string of the molecule is CC(C)C(CCC#N)C(=O)/C=C/c1ccc(F)cc1. The molecule has 0 spiro atoms. The molecule has 1 aromatic carbocycles. The zero-order chi connectivity index (χ0) is 14.3. The fourth-order valence-electron chi connectivity index (χ4n) is 1.90. The Morgan fingerprint density at radius 2 is 2.00 bits per heavy atom. The Hall–Kier alpha value is -1.95. The van der Waals surface area contributed by atoms with Crippen LogP contribution in [-0.4, -0.2) is 5.78 Å². The van der Waals surface area contributed by atoms with E-state index in [1.54, 1.807) is 18.2 Å². The molecule has 3 heteroatoms. The quantitative estimate of drug-likeness (QED) is 0.725. The molecule has 0 bridgehead atoms. The lowest BCUT2D eigenvalue weighted by Crippen LogP contribution is -2.18. The molecule has 0 aliphatic heterocycles. The van der Waals surface area contributed by atoms with Gasteiger partial charge >= 0.3 is 0 Å². The summed E-state index contributed by atoms with van der Waals surface area (Å²) in [7, 11) is 0. The fraction of sp³-hybridized carbons (Fsp3) is 0.375.